The molecule has 1 aliphatic rings. The van der Waals surface area contributed by atoms with Gasteiger partial charge in [-0.25, -0.2) is 4.79 Å². The summed E-state index contributed by atoms with van der Waals surface area (Å²) in [6.45, 7) is 0.591. The Morgan fingerprint density at radius 1 is 1.50 bits per heavy atom. The molecule has 0 bridgehead atoms. The number of hydrogen-bond acceptors (Lipinski definition) is 3. The number of carbonyl (C=O) groups is 3. The third-order valence-corrected chi connectivity index (χ3v) is 1.62. The molecular weight excluding hydrogens is 160 g/mol. The zero-order valence-corrected chi connectivity index (χ0v) is 6.58. The molecule has 1 saturated heterocycles. The van der Waals surface area contributed by atoms with E-state index in [9.17, 15) is 14.4 Å². The van der Waals surface area contributed by atoms with Crippen LogP contribution in [0.2, 0.25) is 0 Å². The van der Waals surface area contributed by atoms with E-state index in [1.807, 2.05) is 0 Å². The molecule has 0 aromatic carbocycles. The van der Waals surface area contributed by atoms with E-state index in [0.29, 0.717) is 19.4 Å². The summed E-state index contributed by atoms with van der Waals surface area (Å²) >= 11 is 0. The van der Waals surface area contributed by atoms with Crippen molar-refractivity contribution in [1.82, 2.24) is 10.2 Å². The topological polar surface area (TPSA) is 66.5 Å². The molecule has 1 fully saturated rings. The lowest BCUT2D eigenvalue weighted by molar-refractivity contribution is -0.118. The molecule has 3 amide bonds. The standard InChI is InChI=1S/C7H10N2O3/c10-4-2-1-3-9-5-6(11)8-7(9)12/h4H,1-3,5H2,(H,8,11,12). The number of urea groups is 1. The van der Waals surface area contributed by atoms with Gasteiger partial charge < -0.3 is 9.69 Å². The third-order valence-electron chi connectivity index (χ3n) is 1.62. The fraction of sp³-hybridized carbons (Fsp3) is 0.571. The summed E-state index contributed by atoms with van der Waals surface area (Å²) in [6, 6.07) is -0.356. The van der Waals surface area contributed by atoms with E-state index in [2.05, 4.69) is 5.32 Å². The molecule has 0 aromatic rings. The van der Waals surface area contributed by atoms with Crippen molar-refractivity contribution in [2.24, 2.45) is 0 Å². The van der Waals surface area contributed by atoms with Gasteiger partial charge in [-0.2, -0.15) is 0 Å². The summed E-state index contributed by atoms with van der Waals surface area (Å²) in [6.07, 6.45) is 1.85. The van der Waals surface area contributed by atoms with Crippen LogP contribution < -0.4 is 5.32 Å². The number of unbranched alkanes of at least 4 members (excludes halogenated alkanes) is 1. The van der Waals surface area contributed by atoms with Gasteiger partial charge in [-0.05, 0) is 6.42 Å². The van der Waals surface area contributed by atoms with Gasteiger partial charge in [-0.3, -0.25) is 10.1 Å². The van der Waals surface area contributed by atoms with Crippen LogP contribution in [0.3, 0.4) is 0 Å². The van der Waals surface area contributed by atoms with E-state index < -0.39 is 0 Å². The van der Waals surface area contributed by atoms with Crippen molar-refractivity contribution in [3.8, 4) is 0 Å². The molecule has 0 spiro atoms. The fourth-order valence-electron chi connectivity index (χ4n) is 1.03. The SMILES string of the molecule is O=CCCCN1CC(=O)NC1=O. The molecule has 66 valence electrons. The molecule has 0 radical (unpaired) electrons. The van der Waals surface area contributed by atoms with Crippen LogP contribution in [0.15, 0.2) is 0 Å². The van der Waals surface area contributed by atoms with Crippen molar-refractivity contribution in [3.63, 3.8) is 0 Å². The quantitative estimate of drug-likeness (QED) is 0.352. The molecule has 0 saturated carbocycles. The lowest BCUT2D eigenvalue weighted by Gasteiger charge is -2.10. The highest BCUT2D eigenvalue weighted by Gasteiger charge is 2.25. The Balaban J connectivity index is 2.28. The van der Waals surface area contributed by atoms with Gasteiger partial charge in [0.1, 0.15) is 12.8 Å². The number of nitrogens with zero attached hydrogens (tertiary/aromatic N) is 1. The van der Waals surface area contributed by atoms with Crippen LogP contribution in [0.25, 0.3) is 0 Å². The number of rotatable bonds is 4. The summed E-state index contributed by atoms with van der Waals surface area (Å²) in [5.41, 5.74) is 0. The van der Waals surface area contributed by atoms with Gasteiger partial charge in [-0.1, -0.05) is 0 Å². The summed E-state index contributed by atoms with van der Waals surface area (Å²) < 4.78 is 0. The van der Waals surface area contributed by atoms with Crippen LogP contribution in [0.5, 0.6) is 0 Å². The Kier molecular flexibility index (Phi) is 2.79. The van der Waals surface area contributed by atoms with E-state index >= 15 is 0 Å². The third kappa shape index (κ3) is 2.05. The lowest BCUT2D eigenvalue weighted by atomic mass is 10.3. The van der Waals surface area contributed by atoms with E-state index in [4.69, 9.17) is 0 Å². The normalized spacial score (nSPS) is 16.5. The molecule has 0 unspecified atom stereocenters. The van der Waals surface area contributed by atoms with Crippen molar-refractivity contribution in [1.29, 1.82) is 0 Å². The average molecular weight is 170 g/mol. The lowest BCUT2D eigenvalue weighted by Crippen LogP contribution is -2.29. The minimum Gasteiger partial charge on any atom is -0.315 e. The minimum absolute atomic E-state index is 0.123. The number of hydrogen-bond donors (Lipinski definition) is 1. The molecule has 12 heavy (non-hydrogen) atoms. The second-order valence-electron chi connectivity index (χ2n) is 2.58. The Morgan fingerprint density at radius 2 is 2.25 bits per heavy atom. The predicted octanol–water partition coefficient (Wildman–Crippen LogP) is -0.483. The van der Waals surface area contributed by atoms with Crippen molar-refractivity contribution >= 4 is 18.2 Å². The fourth-order valence-corrected chi connectivity index (χ4v) is 1.03. The van der Waals surface area contributed by atoms with Crippen LogP contribution in [0, 0.1) is 0 Å². The molecule has 1 heterocycles. The number of amides is 3. The molecule has 1 rings (SSSR count). The minimum atomic E-state index is -0.356. The van der Waals surface area contributed by atoms with E-state index in [1.54, 1.807) is 0 Å². The smallest absolute Gasteiger partial charge is 0.315 e. The second-order valence-corrected chi connectivity index (χ2v) is 2.58. The highest BCUT2D eigenvalue weighted by Crippen LogP contribution is 1.99. The molecular formula is C7H10N2O3. The van der Waals surface area contributed by atoms with Crippen LogP contribution in [0.4, 0.5) is 4.79 Å². The molecule has 5 heteroatoms. The molecule has 0 aliphatic carbocycles. The monoisotopic (exact) mass is 170 g/mol. The van der Waals surface area contributed by atoms with Crippen LogP contribution in [-0.2, 0) is 9.59 Å². The van der Waals surface area contributed by atoms with Crippen LogP contribution >= 0.6 is 0 Å². The van der Waals surface area contributed by atoms with Crippen molar-refractivity contribution in [2.45, 2.75) is 12.8 Å². The van der Waals surface area contributed by atoms with E-state index in [0.717, 1.165) is 6.29 Å². The Hall–Kier alpha value is -1.39. The summed E-state index contributed by atoms with van der Waals surface area (Å²) in [7, 11) is 0. The summed E-state index contributed by atoms with van der Waals surface area (Å²) in [5, 5.41) is 2.15. The first-order chi connectivity index (χ1) is 5.74. The summed E-state index contributed by atoms with van der Waals surface area (Å²) in [4.78, 5) is 32.9. The van der Waals surface area contributed by atoms with Crippen LogP contribution in [-0.4, -0.2) is 36.2 Å². The maximum absolute atomic E-state index is 10.9. The van der Waals surface area contributed by atoms with Gasteiger partial charge in [0.05, 0.1) is 0 Å². The number of aldehydes is 1. The molecule has 0 atom stereocenters. The van der Waals surface area contributed by atoms with E-state index in [1.165, 1.54) is 4.90 Å². The first-order valence-corrected chi connectivity index (χ1v) is 3.76. The molecule has 1 N–H and O–H groups in total. The first-order valence-electron chi connectivity index (χ1n) is 3.76. The zero-order chi connectivity index (χ0) is 8.97. The Morgan fingerprint density at radius 3 is 2.75 bits per heavy atom. The van der Waals surface area contributed by atoms with Crippen LogP contribution in [0.1, 0.15) is 12.8 Å². The van der Waals surface area contributed by atoms with Gasteiger partial charge in [0.2, 0.25) is 5.91 Å². The number of nitrogens with one attached hydrogen (secondary N) is 1. The molecule has 1 aliphatic heterocycles. The summed E-state index contributed by atoms with van der Waals surface area (Å²) in [5.74, 6) is -0.272. The van der Waals surface area contributed by atoms with Gasteiger partial charge >= 0.3 is 6.03 Å². The van der Waals surface area contributed by atoms with Crippen molar-refractivity contribution in [2.75, 3.05) is 13.1 Å². The molecule has 5 nitrogen and oxygen atoms in total. The highest BCUT2D eigenvalue weighted by molar-refractivity contribution is 6.01. The molecule has 0 aromatic heterocycles. The number of carbonyl (C=O) groups excluding carboxylic acids is 3. The van der Waals surface area contributed by atoms with E-state index in [-0.39, 0.29) is 18.5 Å². The largest absolute Gasteiger partial charge is 0.324 e. The Bertz CT molecular complexity index is 215. The van der Waals surface area contributed by atoms with Gasteiger partial charge in [-0.15, -0.1) is 0 Å². The predicted molar refractivity (Wildman–Crippen MR) is 40.4 cm³/mol. The van der Waals surface area contributed by atoms with Gasteiger partial charge in [0.25, 0.3) is 0 Å². The number of imide groups is 1. The zero-order valence-electron chi connectivity index (χ0n) is 6.58. The maximum Gasteiger partial charge on any atom is 0.324 e. The Labute approximate surface area is 69.7 Å². The van der Waals surface area contributed by atoms with Crippen molar-refractivity contribution in [3.05, 3.63) is 0 Å². The van der Waals surface area contributed by atoms with Gasteiger partial charge in [0, 0.05) is 13.0 Å². The second kappa shape index (κ2) is 3.85. The first kappa shape index (κ1) is 8.70. The average Bonchev–Trinajstić information content (AvgIpc) is 2.31. The van der Waals surface area contributed by atoms with Gasteiger partial charge in [0.15, 0.2) is 0 Å². The highest BCUT2D eigenvalue weighted by atomic mass is 16.2. The maximum atomic E-state index is 10.9. The van der Waals surface area contributed by atoms with Crippen molar-refractivity contribution < 1.29 is 14.4 Å².